The maximum absolute atomic E-state index is 14.0. The average Bonchev–Trinajstić information content (AvgIpc) is 2.81. The summed E-state index contributed by atoms with van der Waals surface area (Å²) in [6, 6.07) is 1.37. The van der Waals surface area contributed by atoms with Gasteiger partial charge in [-0.05, 0) is 43.7 Å². The highest BCUT2D eigenvalue weighted by Crippen LogP contribution is 2.36. The maximum atomic E-state index is 14.0. The van der Waals surface area contributed by atoms with Gasteiger partial charge in [0.05, 0.1) is 0 Å². The van der Waals surface area contributed by atoms with Crippen LogP contribution in [-0.2, 0) is 9.59 Å². The zero-order valence-electron chi connectivity index (χ0n) is 16.1. The molecule has 1 aromatic rings. The number of benzene rings is 1. The monoisotopic (exact) mass is 394 g/mol. The van der Waals surface area contributed by atoms with Crippen molar-refractivity contribution in [3.63, 3.8) is 0 Å². The van der Waals surface area contributed by atoms with Crippen LogP contribution in [0, 0.1) is 17.6 Å². The van der Waals surface area contributed by atoms with Crippen LogP contribution in [0.5, 0.6) is 0 Å². The van der Waals surface area contributed by atoms with Crippen molar-refractivity contribution in [2.45, 2.75) is 38.1 Å². The van der Waals surface area contributed by atoms with Gasteiger partial charge in [0, 0.05) is 19.8 Å². The zero-order valence-corrected chi connectivity index (χ0v) is 16.1. The largest absolute Gasteiger partial charge is 0.373 e. The van der Waals surface area contributed by atoms with Gasteiger partial charge in [-0.1, -0.05) is 6.92 Å². The molecule has 3 rings (SSSR count). The quantitative estimate of drug-likeness (QED) is 0.769. The first kappa shape index (κ1) is 20.0. The van der Waals surface area contributed by atoms with Crippen LogP contribution in [-0.4, -0.2) is 48.9 Å². The smallest absolute Gasteiger partial charge is 0.325 e. The number of hydrogen-bond donors (Lipinski definition) is 2. The lowest BCUT2D eigenvalue weighted by Crippen LogP contribution is -2.49. The number of hydrogen-bond acceptors (Lipinski definition) is 4. The van der Waals surface area contributed by atoms with Crippen LogP contribution in [0.1, 0.15) is 32.6 Å². The second-order valence-corrected chi connectivity index (χ2v) is 7.82. The van der Waals surface area contributed by atoms with Crippen LogP contribution in [0.3, 0.4) is 0 Å². The molecule has 0 bridgehead atoms. The molecule has 152 valence electrons. The molecule has 0 aromatic heterocycles. The van der Waals surface area contributed by atoms with E-state index >= 15 is 0 Å². The predicted molar refractivity (Wildman–Crippen MR) is 99.9 cm³/mol. The molecule has 1 saturated carbocycles. The van der Waals surface area contributed by atoms with Gasteiger partial charge in [0.15, 0.2) is 11.6 Å². The summed E-state index contributed by atoms with van der Waals surface area (Å²) >= 11 is 0. The van der Waals surface area contributed by atoms with Crippen LogP contribution < -0.4 is 15.5 Å². The molecule has 1 saturated heterocycles. The van der Waals surface area contributed by atoms with Gasteiger partial charge in [0.1, 0.15) is 17.8 Å². The van der Waals surface area contributed by atoms with E-state index in [2.05, 4.69) is 17.6 Å². The highest BCUT2D eigenvalue weighted by atomic mass is 19.1. The van der Waals surface area contributed by atoms with Crippen LogP contribution in [0.25, 0.3) is 0 Å². The van der Waals surface area contributed by atoms with E-state index in [4.69, 9.17) is 0 Å². The van der Waals surface area contributed by atoms with Gasteiger partial charge in [-0.25, -0.2) is 13.6 Å². The third-order valence-corrected chi connectivity index (χ3v) is 5.42. The van der Waals surface area contributed by atoms with Crippen LogP contribution >= 0.6 is 0 Å². The number of amides is 4. The summed E-state index contributed by atoms with van der Waals surface area (Å²) in [6.07, 6.45) is 2.73. The number of urea groups is 1. The third kappa shape index (κ3) is 3.65. The fraction of sp³-hybridized carbons (Fsp3) is 0.526. The molecule has 4 amide bonds. The van der Waals surface area contributed by atoms with E-state index in [9.17, 15) is 23.2 Å². The van der Waals surface area contributed by atoms with Crippen molar-refractivity contribution in [1.82, 2.24) is 10.2 Å². The number of nitrogens with zero attached hydrogens (tertiary/aromatic N) is 2. The molecule has 0 radical (unpaired) electrons. The second kappa shape index (κ2) is 7.37. The number of nitrogens with one attached hydrogen (secondary N) is 2. The molecule has 1 aliphatic carbocycles. The number of halogens is 2. The highest BCUT2D eigenvalue weighted by Gasteiger charge is 2.52. The van der Waals surface area contributed by atoms with E-state index in [0.717, 1.165) is 29.9 Å². The second-order valence-electron chi connectivity index (χ2n) is 7.82. The summed E-state index contributed by atoms with van der Waals surface area (Å²) in [5.41, 5.74) is -1.24. The minimum absolute atomic E-state index is 0.0844. The minimum Gasteiger partial charge on any atom is -0.373 e. The SMILES string of the molecule is CC1CCC2(CC1)NC(=O)N(CC(=O)Nc1cc(F)c(N(C)C)c(F)c1)C2=O. The lowest BCUT2D eigenvalue weighted by Gasteiger charge is -2.33. The zero-order chi connectivity index (χ0) is 20.6. The molecule has 2 N–H and O–H groups in total. The number of carbonyl (C=O) groups excluding carboxylic acids is 3. The first-order chi connectivity index (χ1) is 13.1. The van der Waals surface area contributed by atoms with Gasteiger partial charge >= 0.3 is 6.03 Å². The molecule has 1 spiro atoms. The van der Waals surface area contributed by atoms with E-state index in [0.29, 0.717) is 18.8 Å². The van der Waals surface area contributed by atoms with Crippen molar-refractivity contribution >= 4 is 29.2 Å². The summed E-state index contributed by atoms with van der Waals surface area (Å²) in [4.78, 5) is 39.4. The number of imide groups is 1. The molecular formula is C19H24F2N4O3. The van der Waals surface area contributed by atoms with E-state index in [1.807, 2.05) is 0 Å². The van der Waals surface area contributed by atoms with Crippen molar-refractivity contribution in [3.05, 3.63) is 23.8 Å². The Labute approximate surface area is 162 Å². The number of carbonyl (C=O) groups is 3. The number of anilines is 2. The average molecular weight is 394 g/mol. The number of rotatable bonds is 4. The molecule has 0 atom stereocenters. The Morgan fingerprint density at radius 2 is 1.82 bits per heavy atom. The molecule has 7 nitrogen and oxygen atoms in total. The van der Waals surface area contributed by atoms with Crippen LogP contribution in [0.2, 0.25) is 0 Å². The first-order valence-corrected chi connectivity index (χ1v) is 9.23. The third-order valence-electron chi connectivity index (χ3n) is 5.42. The van der Waals surface area contributed by atoms with Crippen LogP contribution in [0.4, 0.5) is 25.0 Å². The minimum atomic E-state index is -0.935. The molecule has 1 heterocycles. The fourth-order valence-corrected chi connectivity index (χ4v) is 3.82. The summed E-state index contributed by atoms with van der Waals surface area (Å²) in [5.74, 6) is -2.29. The normalized spacial score (nSPS) is 24.5. The van der Waals surface area contributed by atoms with Gasteiger partial charge in [0.25, 0.3) is 5.91 Å². The Bertz CT molecular complexity index is 796. The molecule has 1 aromatic carbocycles. The summed E-state index contributed by atoms with van der Waals surface area (Å²) in [5, 5.41) is 5.07. The Kier molecular flexibility index (Phi) is 5.27. The summed E-state index contributed by atoms with van der Waals surface area (Å²) < 4.78 is 28.1. The van der Waals surface area contributed by atoms with Crippen molar-refractivity contribution in [2.24, 2.45) is 5.92 Å². The van der Waals surface area contributed by atoms with Gasteiger partial charge in [-0.2, -0.15) is 0 Å². The van der Waals surface area contributed by atoms with Gasteiger partial charge in [-0.15, -0.1) is 0 Å². The summed E-state index contributed by atoms with van der Waals surface area (Å²) in [7, 11) is 3.00. The van der Waals surface area contributed by atoms with Gasteiger partial charge in [-0.3, -0.25) is 14.5 Å². The molecule has 9 heteroatoms. The Morgan fingerprint density at radius 3 is 2.36 bits per heavy atom. The first-order valence-electron chi connectivity index (χ1n) is 9.23. The molecule has 0 unspecified atom stereocenters. The van der Waals surface area contributed by atoms with Crippen molar-refractivity contribution in [2.75, 3.05) is 30.9 Å². The van der Waals surface area contributed by atoms with Gasteiger partial charge in [0.2, 0.25) is 5.91 Å². The molecular weight excluding hydrogens is 370 g/mol. The lowest BCUT2D eigenvalue weighted by atomic mass is 9.77. The van der Waals surface area contributed by atoms with Crippen molar-refractivity contribution in [3.8, 4) is 0 Å². The lowest BCUT2D eigenvalue weighted by molar-refractivity contribution is -0.135. The highest BCUT2D eigenvalue weighted by molar-refractivity contribution is 6.10. The Hall–Kier alpha value is -2.71. The van der Waals surface area contributed by atoms with Crippen molar-refractivity contribution < 1.29 is 23.2 Å². The van der Waals surface area contributed by atoms with E-state index in [1.165, 1.54) is 19.0 Å². The van der Waals surface area contributed by atoms with E-state index in [-0.39, 0.29) is 11.4 Å². The Balaban J connectivity index is 1.68. The van der Waals surface area contributed by atoms with E-state index in [1.54, 1.807) is 0 Å². The topological polar surface area (TPSA) is 81.8 Å². The molecule has 2 aliphatic rings. The summed E-state index contributed by atoms with van der Waals surface area (Å²) in [6.45, 7) is 1.58. The van der Waals surface area contributed by atoms with E-state index < -0.39 is 41.6 Å². The molecule has 2 fully saturated rings. The fourth-order valence-electron chi connectivity index (χ4n) is 3.82. The van der Waals surface area contributed by atoms with Crippen LogP contribution in [0.15, 0.2) is 12.1 Å². The van der Waals surface area contributed by atoms with Crippen molar-refractivity contribution in [1.29, 1.82) is 0 Å². The standard InChI is InChI=1S/C19H24F2N4O3/c1-11-4-6-19(7-5-11)17(27)25(18(28)23-19)10-15(26)22-12-8-13(20)16(24(2)3)14(21)9-12/h8-9,11H,4-7,10H2,1-3H3,(H,22,26)(H,23,28). The maximum Gasteiger partial charge on any atom is 0.325 e. The molecule has 1 aliphatic heterocycles. The van der Waals surface area contributed by atoms with Gasteiger partial charge < -0.3 is 15.5 Å². The predicted octanol–water partition coefficient (Wildman–Crippen LogP) is 2.47. The Morgan fingerprint density at radius 1 is 1.25 bits per heavy atom. The molecule has 28 heavy (non-hydrogen) atoms.